The maximum absolute atomic E-state index is 11.7. The molecule has 1 aromatic heterocycles. The van der Waals surface area contributed by atoms with Gasteiger partial charge in [0, 0.05) is 13.6 Å². The van der Waals surface area contributed by atoms with Gasteiger partial charge in [-0.1, -0.05) is 0 Å². The molecule has 1 heterocycles. The Bertz CT molecular complexity index is 579. The normalized spacial score (nSPS) is 11.6. The van der Waals surface area contributed by atoms with E-state index in [4.69, 9.17) is 0 Å². The molecule has 8 heteroatoms. The number of rotatable bonds is 4. The summed E-state index contributed by atoms with van der Waals surface area (Å²) < 4.78 is 1.74. The molecule has 0 bridgehead atoms. The van der Waals surface area contributed by atoms with Crippen LogP contribution in [0.25, 0.3) is 0 Å². The molecule has 0 atom stereocenters. The minimum absolute atomic E-state index is 0.0727. The predicted octanol–water partition coefficient (Wildman–Crippen LogP) is -0.384. The van der Waals surface area contributed by atoms with Crippen LogP contribution in [0.4, 0.5) is 5.69 Å². The Hall–Kier alpha value is -1.96. The molecule has 8 nitrogen and oxygen atoms in total. The van der Waals surface area contributed by atoms with Crippen LogP contribution in [0.2, 0.25) is 0 Å². The van der Waals surface area contributed by atoms with Gasteiger partial charge in [-0.25, -0.2) is 4.79 Å². The Balaban J connectivity index is 3.31. The fourth-order valence-corrected chi connectivity index (χ4v) is 1.42. The van der Waals surface area contributed by atoms with Gasteiger partial charge < -0.3 is 5.11 Å². The van der Waals surface area contributed by atoms with Crippen LogP contribution in [-0.4, -0.2) is 24.8 Å². The minimum Gasteiger partial charge on any atom is -0.390 e. The number of aryl methyl sites for hydroxylation is 1. The molecular weight excluding hydrogens is 242 g/mol. The average molecular weight is 257 g/mol. The Labute approximate surface area is 102 Å². The summed E-state index contributed by atoms with van der Waals surface area (Å²) in [5.74, 6) is 0. The summed E-state index contributed by atoms with van der Waals surface area (Å²) in [6, 6.07) is 0. The highest BCUT2D eigenvalue weighted by Crippen LogP contribution is 2.08. The summed E-state index contributed by atoms with van der Waals surface area (Å²) in [6.45, 7) is 2.98. The van der Waals surface area contributed by atoms with E-state index in [1.165, 1.54) is 20.9 Å². The first-order valence-electron chi connectivity index (χ1n) is 5.31. The van der Waals surface area contributed by atoms with Crippen LogP contribution < -0.4 is 11.2 Å². The second-order valence-corrected chi connectivity index (χ2v) is 4.68. The summed E-state index contributed by atoms with van der Waals surface area (Å²) >= 11 is 0. The second-order valence-electron chi connectivity index (χ2n) is 4.68. The van der Waals surface area contributed by atoms with Gasteiger partial charge in [-0.2, -0.15) is 0 Å². The summed E-state index contributed by atoms with van der Waals surface area (Å²) in [4.78, 5) is 33.3. The highest BCUT2D eigenvalue weighted by Gasteiger charge is 2.20. The van der Waals surface area contributed by atoms with Crippen LogP contribution in [0.3, 0.4) is 0 Å². The third-order valence-electron chi connectivity index (χ3n) is 2.46. The van der Waals surface area contributed by atoms with Crippen molar-refractivity contribution < 1.29 is 10.0 Å². The smallest absolute Gasteiger partial charge is 0.350 e. The lowest BCUT2D eigenvalue weighted by Gasteiger charge is -2.17. The molecule has 0 amide bonds. The number of aromatic nitrogens is 2. The standard InChI is InChI=1S/C10H15N3O5/c1-10(2,16)4-5-12-8(14)7(13(17)18)6-11(3)9(12)15/h6,16H,4-5H2,1-3H3. The third-order valence-corrected chi connectivity index (χ3v) is 2.46. The van der Waals surface area contributed by atoms with E-state index in [0.717, 1.165) is 15.3 Å². The molecule has 0 fully saturated rings. The van der Waals surface area contributed by atoms with Crippen LogP contribution in [-0.2, 0) is 13.6 Å². The molecule has 0 saturated carbocycles. The van der Waals surface area contributed by atoms with Crippen molar-refractivity contribution in [2.24, 2.45) is 7.05 Å². The Morgan fingerprint density at radius 2 is 2.00 bits per heavy atom. The van der Waals surface area contributed by atoms with Crippen molar-refractivity contribution >= 4 is 5.69 Å². The monoisotopic (exact) mass is 257 g/mol. The van der Waals surface area contributed by atoms with Crippen molar-refractivity contribution in [1.82, 2.24) is 9.13 Å². The van der Waals surface area contributed by atoms with Crippen LogP contribution in [0.1, 0.15) is 20.3 Å². The topological polar surface area (TPSA) is 107 Å². The van der Waals surface area contributed by atoms with Crippen molar-refractivity contribution in [3.8, 4) is 0 Å². The van der Waals surface area contributed by atoms with E-state index in [-0.39, 0.29) is 13.0 Å². The van der Waals surface area contributed by atoms with Crippen molar-refractivity contribution in [2.45, 2.75) is 32.4 Å². The Morgan fingerprint density at radius 3 is 2.44 bits per heavy atom. The zero-order chi connectivity index (χ0) is 14.1. The molecule has 0 aliphatic carbocycles. The molecule has 0 spiro atoms. The number of nitrogens with zero attached hydrogens (tertiary/aromatic N) is 3. The summed E-state index contributed by atoms with van der Waals surface area (Å²) in [6.07, 6.45) is 1.04. The summed E-state index contributed by atoms with van der Waals surface area (Å²) in [5.41, 5.74) is -3.32. The van der Waals surface area contributed by atoms with Crippen molar-refractivity contribution in [3.05, 3.63) is 37.1 Å². The van der Waals surface area contributed by atoms with E-state index in [2.05, 4.69) is 0 Å². The minimum atomic E-state index is -1.06. The SMILES string of the molecule is Cn1cc([N+](=O)[O-])c(=O)n(CCC(C)(C)O)c1=O. The lowest BCUT2D eigenvalue weighted by atomic mass is 10.1. The van der Waals surface area contributed by atoms with Gasteiger partial charge in [0.2, 0.25) is 0 Å². The van der Waals surface area contributed by atoms with E-state index >= 15 is 0 Å². The van der Waals surface area contributed by atoms with Crippen LogP contribution in [0.15, 0.2) is 15.8 Å². The zero-order valence-corrected chi connectivity index (χ0v) is 10.4. The number of aliphatic hydroxyl groups is 1. The molecule has 0 unspecified atom stereocenters. The number of hydrogen-bond donors (Lipinski definition) is 1. The average Bonchev–Trinajstić information content (AvgIpc) is 2.21. The van der Waals surface area contributed by atoms with Crippen molar-refractivity contribution in [1.29, 1.82) is 0 Å². The number of nitro groups is 1. The van der Waals surface area contributed by atoms with Crippen molar-refractivity contribution in [3.63, 3.8) is 0 Å². The highest BCUT2D eigenvalue weighted by molar-refractivity contribution is 5.21. The Morgan fingerprint density at radius 1 is 1.44 bits per heavy atom. The van der Waals surface area contributed by atoms with Gasteiger partial charge in [0.05, 0.1) is 16.7 Å². The molecule has 1 N–H and O–H groups in total. The first-order chi connectivity index (χ1) is 8.13. The predicted molar refractivity (Wildman–Crippen MR) is 63.5 cm³/mol. The first-order valence-corrected chi connectivity index (χ1v) is 5.31. The van der Waals surface area contributed by atoms with Gasteiger partial charge in [0.15, 0.2) is 0 Å². The van der Waals surface area contributed by atoms with Crippen LogP contribution >= 0.6 is 0 Å². The molecular formula is C10H15N3O5. The van der Waals surface area contributed by atoms with E-state index in [1.54, 1.807) is 0 Å². The van der Waals surface area contributed by atoms with E-state index < -0.39 is 27.5 Å². The van der Waals surface area contributed by atoms with E-state index in [1.807, 2.05) is 0 Å². The molecule has 1 rings (SSSR count). The van der Waals surface area contributed by atoms with Crippen molar-refractivity contribution in [2.75, 3.05) is 0 Å². The first kappa shape index (κ1) is 14.1. The maximum atomic E-state index is 11.7. The molecule has 0 aromatic carbocycles. The third kappa shape index (κ3) is 3.04. The van der Waals surface area contributed by atoms with E-state index in [0.29, 0.717) is 0 Å². The largest absolute Gasteiger partial charge is 0.390 e. The zero-order valence-electron chi connectivity index (χ0n) is 10.4. The summed E-state index contributed by atoms with van der Waals surface area (Å²) in [7, 11) is 1.33. The maximum Gasteiger partial charge on any atom is 0.350 e. The fraction of sp³-hybridized carbons (Fsp3) is 0.600. The molecule has 18 heavy (non-hydrogen) atoms. The van der Waals surface area contributed by atoms with E-state index in [9.17, 15) is 24.8 Å². The Kier molecular flexibility index (Phi) is 3.70. The molecule has 0 aliphatic rings. The molecule has 0 aliphatic heterocycles. The van der Waals surface area contributed by atoms with Crippen LogP contribution in [0, 0.1) is 10.1 Å². The molecule has 100 valence electrons. The van der Waals surface area contributed by atoms with Gasteiger partial charge in [-0.3, -0.25) is 24.0 Å². The molecule has 0 radical (unpaired) electrons. The number of hydrogen-bond acceptors (Lipinski definition) is 5. The lowest BCUT2D eigenvalue weighted by Crippen LogP contribution is -2.40. The quantitative estimate of drug-likeness (QED) is 0.584. The van der Waals surface area contributed by atoms with Gasteiger partial charge in [0.1, 0.15) is 0 Å². The molecule has 1 aromatic rings. The summed E-state index contributed by atoms with van der Waals surface area (Å²) in [5, 5.41) is 20.2. The lowest BCUT2D eigenvalue weighted by molar-refractivity contribution is -0.387. The van der Waals surface area contributed by atoms with Gasteiger partial charge in [-0.05, 0) is 20.3 Å². The fourth-order valence-electron chi connectivity index (χ4n) is 1.42. The highest BCUT2D eigenvalue weighted by atomic mass is 16.6. The second kappa shape index (κ2) is 4.73. The van der Waals surface area contributed by atoms with Gasteiger partial charge >= 0.3 is 16.9 Å². The van der Waals surface area contributed by atoms with Crippen LogP contribution in [0.5, 0.6) is 0 Å². The van der Waals surface area contributed by atoms with Gasteiger partial charge in [-0.15, -0.1) is 0 Å². The van der Waals surface area contributed by atoms with Gasteiger partial charge in [0.25, 0.3) is 0 Å². The molecule has 0 saturated heterocycles.